The third kappa shape index (κ3) is 15.3. The number of unbranched alkanes of at least 4 members (excludes halogenated alkanes) is 11. The summed E-state index contributed by atoms with van der Waals surface area (Å²) < 4.78 is 23.3. The monoisotopic (exact) mass is 728 g/mol. The molecule has 2 aromatic rings. The minimum Gasteiger partial charge on any atom is -0.466 e. The van der Waals surface area contributed by atoms with Gasteiger partial charge in [-0.2, -0.15) is 0 Å². The molecule has 2 aliphatic carbocycles. The molecule has 2 unspecified atom stereocenters. The molecular formula is C46H64O7. The van der Waals surface area contributed by atoms with E-state index in [1.54, 1.807) is 24.3 Å². The zero-order valence-electron chi connectivity index (χ0n) is 32.5. The van der Waals surface area contributed by atoms with Crippen molar-refractivity contribution in [3.63, 3.8) is 0 Å². The first-order valence-electron chi connectivity index (χ1n) is 20.7. The van der Waals surface area contributed by atoms with Crippen LogP contribution in [0.5, 0.6) is 5.75 Å². The van der Waals surface area contributed by atoms with Crippen LogP contribution in [-0.4, -0.2) is 42.8 Å². The number of hydrogen-bond donors (Lipinski definition) is 0. The van der Waals surface area contributed by atoms with Crippen molar-refractivity contribution in [2.24, 2.45) is 5.92 Å². The second-order valence-corrected chi connectivity index (χ2v) is 15.0. The average Bonchev–Trinajstić information content (AvgIpc) is 3.69. The lowest BCUT2D eigenvalue weighted by atomic mass is 9.89. The normalized spacial score (nSPS) is 17.7. The molecule has 0 aliphatic heterocycles. The Morgan fingerprint density at radius 2 is 1.42 bits per heavy atom. The molecule has 0 heterocycles. The summed E-state index contributed by atoms with van der Waals surface area (Å²) in [5, 5.41) is 0. The maximum atomic E-state index is 13.7. The molecule has 4 rings (SSSR count). The maximum Gasteiger partial charge on any atom is 0.348 e. The zero-order chi connectivity index (χ0) is 37.6. The quantitative estimate of drug-likeness (QED) is 0.0571. The highest BCUT2D eigenvalue weighted by molar-refractivity contribution is 5.90. The van der Waals surface area contributed by atoms with Crippen LogP contribution in [0.4, 0.5) is 0 Å². The van der Waals surface area contributed by atoms with Crippen molar-refractivity contribution in [2.75, 3.05) is 13.2 Å². The molecule has 0 spiro atoms. The zero-order valence-corrected chi connectivity index (χ0v) is 32.5. The van der Waals surface area contributed by atoms with Gasteiger partial charge in [-0.1, -0.05) is 126 Å². The van der Waals surface area contributed by atoms with E-state index in [2.05, 4.69) is 19.1 Å². The summed E-state index contributed by atoms with van der Waals surface area (Å²) in [6.07, 6.45) is 26.7. The lowest BCUT2D eigenvalue weighted by molar-refractivity contribution is -0.156. The van der Waals surface area contributed by atoms with Crippen LogP contribution < -0.4 is 4.74 Å². The highest BCUT2D eigenvalue weighted by Crippen LogP contribution is 2.32. The van der Waals surface area contributed by atoms with Gasteiger partial charge in [0.15, 0.2) is 5.60 Å². The molecule has 7 nitrogen and oxygen atoms in total. The fourth-order valence-corrected chi connectivity index (χ4v) is 7.20. The highest BCUT2D eigenvalue weighted by Gasteiger charge is 2.40. The number of benzene rings is 2. The first kappa shape index (κ1) is 42.0. The van der Waals surface area contributed by atoms with Crippen LogP contribution in [0.15, 0.2) is 72.8 Å². The minimum atomic E-state index is -1.23. The molecule has 0 amide bonds. The van der Waals surface area contributed by atoms with Gasteiger partial charge in [0.2, 0.25) is 0 Å². The maximum absolute atomic E-state index is 13.7. The summed E-state index contributed by atoms with van der Waals surface area (Å²) in [6, 6.07) is 16.7. The van der Waals surface area contributed by atoms with Gasteiger partial charge in [-0.3, -0.25) is 4.79 Å². The van der Waals surface area contributed by atoms with Crippen LogP contribution in [0.1, 0.15) is 158 Å². The van der Waals surface area contributed by atoms with Gasteiger partial charge in [-0.25, -0.2) is 9.59 Å². The van der Waals surface area contributed by atoms with Crippen molar-refractivity contribution in [2.45, 2.75) is 154 Å². The summed E-state index contributed by atoms with van der Waals surface area (Å²) in [7, 11) is 0. The number of ether oxygens (including phenoxy) is 4. The van der Waals surface area contributed by atoms with Crippen LogP contribution in [0, 0.1) is 5.92 Å². The second kappa shape index (κ2) is 23.9. The van der Waals surface area contributed by atoms with E-state index in [1.807, 2.05) is 43.4 Å². The SMILES string of the molecule is CCCCCCC(C)OC(=O)c1ccc(OC(=O)C2(OCCCCCCCCCCCOC(=O)CC3CCCC3)C=CC(c3ccccc3)=CC2)cc1. The summed E-state index contributed by atoms with van der Waals surface area (Å²) >= 11 is 0. The van der Waals surface area contributed by atoms with Gasteiger partial charge in [0.1, 0.15) is 5.75 Å². The Morgan fingerprint density at radius 3 is 2.06 bits per heavy atom. The lowest BCUT2D eigenvalue weighted by Gasteiger charge is -2.30. The number of esters is 3. The van der Waals surface area contributed by atoms with Crippen molar-refractivity contribution in [1.82, 2.24) is 0 Å². The van der Waals surface area contributed by atoms with E-state index >= 15 is 0 Å². The Hall–Kier alpha value is -3.71. The molecule has 0 N–H and O–H groups in total. The third-order valence-electron chi connectivity index (χ3n) is 10.5. The Bertz CT molecular complexity index is 1420. The summed E-state index contributed by atoms with van der Waals surface area (Å²) in [5.41, 5.74) is 1.33. The van der Waals surface area contributed by atoms with Gasteiger partial charge >= 0.3 is 17.9 Å². The number of rotatable bonds is 25. The first-order chi connectivity index (χ1) is 25.9. The standard InChI is InChI=1S/C46H64O7/c1-3-4-5-14-21-37(2)52-44(48)41-26-28-42(29-27-41)53-45(49)46(32-30-40(31-33-46)39-24-15-13-16-25-39)51-35-20-12-10-8-6-7-9-11-19-34-50-43(47)36-38-22-17-18-23-38/h13,15-16,24-32,37-38H,3-12,14,17-23,33-36H2,1-2H3. The third-order valence-corrected chi connectivity index (χ3v) is 10.5. The molecule has 0 aromatic heterocycles. The average molecular weight is 729 g/mol. The summed E-state index contributed by atoms with van der Waals surface area (Å²) in [4.78, 5) is 38.4. The molecule has 1 saturated carbocycles. The van der Waals surface area contributed by atoms with Gasteiger partial charge in [0.25, 0.3) is 0 Å². The fourth-order valence-electron chi connectivity index (χ4n) is 7.20. The predicted octanol–water partition coefficient (Wildman–Crippen LogP) is 11.5. The van der Waals surface area contributed by atoms with Crippen LogP contribution in [0.25, 0.3) is 5.57 Å². The molecule has 2 aliphatic rings. The molecule has 0 saturated heterocycles. The Morgan fingerprint density at radius 1 is 0.774 bits per heavy atom. The van der Waals surface area contributed by atoms with Crippen molar-refractivity contribution in [3.05, 3.63) is 84.0 Å². The Balaban J connectivity index is 1.16. The largest absolute Gasteiger partial charge is 0.466 e. The van der Waals surface area contributed by atoms with E-state index in [4.69, 9.17) is 18.9 Å². The number of carbonyl (C=O) groups excluding carboxylic acids is 3. The Labute approximate surface area is 318 Å². The van der Waals surface area contributed by atoms with Gasteiger partial charge in [0, 0.05) is 19.4 Å². The summed E-state index contributed by atoms with van der Waals surface area (Å²) in [6.45, 7) is 5.12. The van der Waals surface area contributed by atoms with E-state index in [0.29, 0.717) is 43.3 Å². The fraction of sp³-hybridized carbons (Fsp3) is 0.587. The molecule has 2 aromatic carbocycles. The highest BCUT2D eigenvalue weighted by atomic mass is 16.6. The molecule has 53 heavy (non-hydrogen) atoms. The second-order valence-electron chi connectivity index (χ2n) is 15.0. The summed E-state index contributed by atoms with van der Waals surface area (Å²) in [5.74, 6) is 0.0447. The van der Waals surface area contributed by atoms with Gasteiger partial charge in [0.05, 0.1) is 18.3 Å². The van der Waals surface area contributed by atoms with Crippen molar-refractivity contribution < 1.29 is 33.3 Å². The molecular weight excluding hydrogens is 664 g/mol. The van der Waals surface area contributed by atoms with Gasteiger partial charge in [-0.15, -0.1) is 0 Å². The number of carbonyl (C=O) groups is 3. The van der Waals surface area contributed by atoms with E-state index in [9.17, 15) is 14.4 Å². The minimum absolute atomic E-state index is 0.0140. The smallest absolute Gasteiger partial charge is 0.348 e. The Kier molecular flexibility index (Phi) is 18.9. The molecule has 0 radical (unpaired) electrons. The van der Waals surface area contributed by atoms with Gasteiger partial charge < -0.3 is 18.9 Å². The number of allylic oxidation sites excluding steroid dienone is 2. The van der Waals surface area contributed by atoms with E-state index in [-0.39, 0.29) is 18.0 Å². The topological polar surface area (TPSA) is 88.1 Å². The first-order valence-corrected chi connectivity index (χ1v) is 20.7. The van der Waals surface area contributed by atoms with Crippen LogP contribution in [-0.2, 0) is 23.8 Å². The van der Waals surface area contributed by atoms with E-state index in [1.165, 1.54) is 64.2 Å². The molecule has 0 bridgehead atoms. The lowest BCUT2D eigenvalue weighted by Crippen LogP contribution is -2.43. The molecule has 7 heteroatoms. The van der Waals surface area contributed by atoms with E-state index < -0.39 is 11.6 Å². The van der Waals surface area contributed by atoms with Crippen LogP contribution >= 0.6 is 0 Å². The van der Waals surface area contributed by atoms with E-state index in [0.717, 1.165) is 62.5 Å². The molecule has 2 atom stereocenters. The van der Waals surface area contributed by atoms with Crippen molar-refractivity contribution in [1.29, 1.82) is 0 Å². The van der Waals surface area contributed by atoms with Crippen LogP contribution in [0.3, 0.4) is 0 Å². The molecule has 1 fully saturated rings. The van der Waals surface area contributed by atoms with Crippen molar-refractivity contribution >= 4 is 23.5 Å². The van der Waals surface area contributed by atoms with Crippen molar-refractivity contribution in [3.8, 4) is 5.75 Å². The predicted molar refractivity (Wildman–Crippen MR) is 212 cm³/mol. The van der Waals surface area contributed by atoms with Gasteiger partial charge in [-0.05, 0) is 92.8 Å². The van der Waals surface area contributed by atoms with Crippen LogP contribution in [0.2, 0.25) is 0 Å². The number of hydrogen-bond acceptors (Lipinski definition) is 7. The molecule has 290 valence electrons.